The van der Waals surface area contributed by atoms with E-state index < -0.39 is 6.17 Å². The molecule has 264 valence electrons. The normalized spacial score (nSPS) is 16.4. The molecule has 5 nitrogen and oxygen atoms in total. The average Bonchev–Trinajstić information content (AvgIpc) is 3.73. The Morgan fingerprint density at radius 3 is 1.98 bits per heavy atom. The molecule has 0 radical (unpaired) electrons. The van der Waals surface area contributed by atoms with Gasteiger partial charge in [-0.3, -0.25) is 4.99 Å². The van der Waals surface area contributed by atoms with Gasteiger partial charge in [-0.25, -0.2) is 4.99 Å². The van der Waals surface area contributed by atoms with Gasteiger partial charge in [-0.15, -0.1) is 0 Å². The van der Waals surface area contributed by atoms with Crippen molar-refractivity contribution in [3.05, 3.63) is 197 Å². The smallest absolute Gasteiger partial charge is 0.167 e. The molecule has 2 aromatic heterocycles. The lowest BCUT2D eigenvalue weighted by molar-refractivity contribution is 0.557. The molecule has 55 heavy (non-hydrogen) atoms. The van der Waals surface area contributed by atoms with Gasteiger partial charge in [0.05, 0.1) is 22.6 Å². The van der Waals surface area contributed by atoms with Crippen molar-refractivity contribution in [2.75, 3.05) is 0 Å². The van der Waals surface area contributed by atoms with Crippen LogP contribution in [-0.2, 0) is 0 Å². The van der Waals surface area contributed by atoms with Gasteiger partial charge >= 0.3 is 0 Å². The quantitative estimate of drug-likeness (QED) is 0.130. The van der Waals surface area contributed by atoms with Gasteiger partial charge in [-0.2, -0.15) is 0 Å². The average molecular weight is 710 g/mol. The first-order chi connectivity index (χ1) is 27.1. The fourth-order valence-corrected chi connectivity index (χ4v) is 8.42. The summed E-state index contributed by atoms with van der Waals surface area (Å²) in [6.07, 6.45) is 6.22. The van der Waals surface area contributed by atoms with E-state index in [0.717, 1.165) is 27.6 Å². The largest absolute Gasteiger partial charge is 0.383 e. The molecular formula is C50H39N5. The van der Waals surface area contributed by atoms with E-state index in [9.17, 15) is 0 Å². The number of aromatic nitrogens is 2. The highest BCUT2D eigenvalue weighted by Gasteiger charge is 2.24. The highest BCUT2D eigenvalue weighted by Crippen LogP contribution is 2.41. The molecule has 2 heterocycles. The Morgan fingerprint density at radius 2 is 1.22 bits per heavy atom. The Morgan fingerprint density at radius 1 is 0.582 bits per heavy atom. The highest BCUT2D eigenvalue weighted by molar-refractivity contribution is 6.18. The van der Waals surface area contributed by atoms with Crippen LogP contribution in [0.15, 0.2) is 180 Å². The van der Waals surface area contributed by atoms with Crippen LogP contribution in [0.4, 0.5) is 0 Å². The minimum atomic E-state index is -0.460. The Kier molecular flexibility index (Phi) is 7.99. The van der Waals surface area contributed by atoms with Crippen LogP contribution in [0.1, 0.15) is 35.8 Å². The SMILES string of the molecule is CC1C=c2cc(/C(N)=N/C(/N=C/c3ccccc3)c3ccccc3)ccc2=CC1n1c2ccccc2c2cc3c4ccccc4n(-c4ccccc4)c3cc21. The van der Waals surface area contributed by atoms with E-state index in [1.54, 1.807) is 0 Å². The Bertz CT molecular complexity index is 3060. The molecule has 7 aromatic carbocycles. The van der Waals surface area contributed by atoms with Gasteiger partial charge in [0.2, 0.25) is 0 Å². The van der Waals surface area contributed by atoms with Crippen molar-refractivity contribution in [3.8, 4) is 5.69 Å². The van der Waals surface area contributed by atoms with Crippen LogP contribution in [0.5, 0.6) is 0 Å². The topological polar surface area (TPSA) is 60.6 Å². The molecule has 0 bridgehead atoms. The summed E-state index contributed by atoms with van der Waals surface area (Å²) in [5.74, 6) is 0.674. The third-order valence-corrected chi connectivity index (χ3v) is 11.1. The molecule has 5 heteroatoms. The first kappa shape index (κ1) is 32.7. The first-order valence-corrected chi connectivity index (χ1v) is 18.9. The van der Waals surface area contributed by atoms with E-state index in [2.05, 4.69) is 137 Å². The van der Waals surface area contributed by atoms with Crippen LogP contribution in [-0.4, -0.2) is 21.2 Å². The van der Waals surface area contributed by atoms with Crippen LogP contribution >= 0.6 is 0 Å². The minimum absolute atomic E-state index is 0.105. The summed E-state index contributed by atoms with van der Waals surface area (Å²) in [4.78, 5) is 9.82. The molecule has 0 aliphatic heterocycles. The zero-order valence-corrected chi connectivity index (χ0v) is 30.5. The summed E-state index contributed by atoms with van der Waals surface area (Å²) < 4.78 is 4.96. The second kappa shape index (κ2) is 13.5. The summed E-state index contributed by atoms with van der Waals surface area (Å²) in [6.45, 7) is 2.32. The molecule has 3 atom stereocenters. The summed E-state index contributed by atoms with van der Waals surface area (Å²) in [7, 11) is 0. The summed E-state index contributed by atoms with van der Waals surface area (Å²) in [5, 5.41) is 7.41. The third kappa shape index (κ3) is 5.73. The Hall–Kier alpha value is -6.98. The van der Waals surface area contributed by atoms with Gasteiger partial charge < -0.3 is 14.9 Å². The van der Waals surface area contributed by atoms with E-state index in [4.69, 9.17) is 15.7 Å². The van der Waals surface area contributed by atoms with Crippen molar-refractivity contribution in [3.63, 3.8) is 0 Å². The summed E-state index contributed by atoms with van der Waals surface area (Å²) in [6, 6.07) is 59.9. The van der Waals surface area contributed by atoms with Crippen LogP contribution in [0.3, 0.4) is 0 Å². The summed E-state index contributed by atoms with van der Waals surface area (Å²) >= 11 is 0. The lowest BCUT2D eigenvalue weighted by Crippen LogP contribution is -2.34. The van der Waals surface area contributed by atoms with Gasteiger partial charge in [-0.05, 0) is 69.9 Å². The molecule has 1 aliphatic carbocycles. The molecule has 1 aliphatic rings. The third-order valence-electron chi connectivity index (χ3n) is 11.1. The number of benzene rings is 7. The van der Waals surface area contributed by atoms with Gasteiger partial charge in [0.15, 0.2) is 6.17 Å². The molecule has 0 amide bonds. The number of nitrogens with two attached hydrogens (primary N) is 1. The standard InChI is InChI=1S/C50H39N5/c1-33-27-38-28-37(49(51)53-50(35-17-7-3-8-18-35)52-32-34-15-5-2-6-16-34)26-25-36(38)29-46(33)55-45-24-14-12-22-41(45)43-30-42-40-21-11-13-23-44(40)54(47(42)31-48(43)55)39-19-9-4-10-20-39/h2-33,46,50H,1H3,(H2,51,53)/b52-32+. The van der Waals surface area contributed by atoms with Crippen LogP contribution in [0.25, 0.3) is 61.5 Å². The van der Waals surface area contributed by atoms with Gasteiger partial charge in [0, 0.05) is 44.5 Å². The predicted molar refractivity (Wildman–Crippen MR) is 231 cm³/mol. The van der Waals surface area contributed by atoms with Crippen molar-refractivity contribution in [2.45, 2.75) is 19.1 Å². The van der Waals surface area contributed by atoms with Crippen molar-refractivity contribution < 1.29 is 0 Å². The molecule has 0 fully saturated rings. The lowest BCUT2D eigenvalue weighted by atomic mass is 9.92. The minimum Gasteiger partial charge on any atom is -0.383 e. The molecule has 2 N–H and O–H groups in total. The second-order valence-corrected chi connectivity index (χ2v) is 14.5. The monoisotopic (exact) mass is 709 g/mol. The lowest BCUT2D eigenvalue weighted by Gasteiger charge is -2.25. The first-order valence-electron chi connectivity index (χ1n) is 18.9. The number of fused-ring (bicyclic) bond motifs is 7. The molecule has 0 saturated carbocycles. The Labute approximate surface area is 319 Å². The maximum atomic E-state index is 6.77. The molecule has 10 rings (SSSR count). The zero-order valence-electron chi connectivity index (χ0n) is 30.5. The number of amidine groups is 1. The van der Waals surface area contributed by atoms with E-state index >= 15 is 0 Å². The number of hydrogen-bond donors (Lipinski definition) is 1. The van der Waals surface area contributed by atoms with Crippen LogP contribution in [0, 0.1) is 5.92 Å². The number of nitrogens with zero attached hydrogens (tertiary/aromatic N) is 4. The number of aliphatic imine (C=N–C) groups is 2. The molecule has 0 spiro atoms. The molecule has 0 saturated heterocycles. The van der Waals surface area contributed by atoms with Crippen molar-refractivity contribution >= 4 is 67.8 Å². The van der Waals surface area contributed by atoms with E-state index in [-0.39, 0.29) is 12.0 Å². The highest BCUT2D eigenvalue weighted by atomic mass is 15.0. The number of rotatable bonds is 7. The predicted octanol–water partition coefficient (Wildman–Crippen LogP) is 9.87. The number of hydrogen-bond acceptors (Lipinski definition) is 2. The van der Waals surface area contributed by atoms with Gasteiger partial charge in [0.25, 0.3) is 0 Å². The summed E-state index contributed by atoms with van der Waals surface area (Å²) in [5.41, 5.74) is 15.7. The number of para-hydroxylation sites is 3. The molecular weight excluding hydrogens is 671 g/mol. The second-order valence-electron chi connectivity index (χ2n) is 14.5. The Balaban J connectivity index is 1.09. The van der Waals surface area contributed by atoms with Crippen LogP contribution in [0.2, 0.25) is 0 Å². The van der Waals surface area contributed by atoms with Crippen molar-refractivity contribution in [1.29, 1.82) is 0 Å². The van der Waals surface area contributed by atoms with Crippen molar-refractivity contribution in [2.24, 2.45) is 21.6 Å². The van der Waals surface area contributed by atoms with E-state index in [1.165, 1.54) is 48.8 Å². The zero-order chi connectivity index (χ0) is 36.9. The fourth-order valence-electron chi connectivity index (χ4n) is 8.42. The molecule has 3 unspecified atom stereocenters. The van der Waals surface area contributed by atoms with Gasteiger partial charge in [-0.1, -0.05) is 146 Å². The maximum Gasteiger partial charge on any atom is 0.167 e. The van der Waals surface area contributed by atoms with Crippen molar-refractivity contribution in [1.82, 2.24) is 9.13 Å². The van der Waals surface area contributed by atoms with Gasteiger partial charge in [0.1, 0.15) is 5.84 Å². The molecule has 9 aromatic rings. The van der Waals surface area contributed by atoms with Crippen LogP contribution < -0.4 is 16.2 Å². The maximum absolute atomic E-state index is 6.77. The van der Waals surface area contributed by atoms with E-state index in [1.807, 2.05) is 66.9 Å². The van der Waals surface area contributed by atoms with E-state index in [0.29, 0.717) is 5.84 Å². The fraction of sp³-hybridized carbons (Fsp3) is 0.0800.